The second-order valence-electron chi connectivity index (χ2n) is 7.28. The molecule has 4 nitrogen and oxygen atoms in total. The number of aryl methyl sites for hydroxylation is 2. The van der Waals surface area contributed by atoms with Gasteiger partial charge in [-0.2, -0.15) is 0 Å². The van der Waals surface area contributed by atoms with Gasteiger partial charge in [0.15, 0.2) is 5.13 Å². The predicted octanol–water partition coefficient (Wildman–Crippen LogP) is 4.97. The zero-order chi connectivity index (χ0) is 21.0. The van der Waals surface area contributed by atoms with Crippen molar-refractivity contribution >= 4 is 32.6 Å². The molecule has 0 fully saturated rings. The molecule has 3 rings (SSSR count). The second-order valence-corrected chi connectivity index (χ2v) is 8.29. The lowest BCUT2D eigenvalue weighted by Gasteiger charge is -2.25. The Kier molecular flexibility index (Phi) is 6.98. The SMILES string of the molecule is CCN(CC)CCN(C(=O)Cc1ccc(C)c(C)c1)c1nc2ccc(F)cc2s1. The number of carbonyl (C=O) groups is 1. The molecule has 0 unspecified atom stereocenters. The number of hydrogen-bond acceptors (Lipinski definition) is 4. The number of aromatic nitrogens is 1. The number of hydrogen-bond donors (Lipinski definition) is 0. The van der Waals surface area contributed by atoms with E-state index in [1.54, 1.807) is 11.0 Å². The van der Waals surface area contributed by atoms with Gasteiger partial charge in [0.25, 0.3) is 0 Å². The van der Waals surface area contributed by atoms with E-state index < -0.39 is 0 Å². The van der Waals surface area contributed by atoms with Gasteiger partial charge in [0.1, 0.15) is 5.82 Å². The summed E-state index contributed by atoms with van der Waals surface area (Å²) in [4.78, 5) is 21.9. The monoisotopic (exact) mass is 413 g/mol. The van der Waals surface area contributed by atoms with E-state index in [9.17, 15) is 9.18 Å². The van der Waals surface area contributed by atoms with Crippen molar-refractivity contribution in [3.63, 3.8) is 0 Å². The zero-order valence-corrected chi connectivity index (χ0v) is 18.4. The molecule has 0 aliphatic heterocycles. The van der Waals surface area contributed by atoms with Crippen LogP contribution in [-0.4, -0.2) is 42.0 Å². The van der Waals surface area contributed by atoms with E-state index in [1.807, 2.05) is 6.07 Å². The Morgan fingerprint density at radius 1 is 1.03 bits per heavy atom. The molecule has 1 aromatic heterocycles. The molecule has 2 aromatic carbocycles. The first kappa shape index (κ1) is 21.4. The highest BCUT2D eigenvalue weighted by molar-refractivity contribution is 7.22. The van der Waals surface area contributed by atoms with Gasteiger partial charge in [0.2, 0.25) is 5.91 Å². The summed E-state index contributed by atoms with van der Waals surface area (Å²) in [6, 6.07) is 10.7. The number of carbonyl (C=O) groups excluding carboxylic acids is 1. The van der Waals surface area contributed by atoms with Gasteiger partial charge < -0.3 is 4.90 Å². The number of rotatable bonds is 8. The highest BCUT2D eigenvalue weighted by Crippen LogP contribution is 2.30. The zero-order valence-electron chi connectivity index (χ0n) is 17.5. The maximum atomic E-state index is 13.6. The summed E-state index contributed by atoms with van der Waals surface area (Å²) in [6.07, 6.45) is 0.323. The van der Waals surface area contributed by atoms with E-state index >= 15 is 0 Å². The minimum Gasteiger partial charge on any atom is -0.302 e. The van der Waals surface area contributed by atoms with Gasteiger partial charge in [-0.1, -0.05) is 43.4 Å². The molecule has 3 aromatic rings. The third kappa shape index (κ3) is 5.19. The Hall–Kier alpha value is -2.31. The molecular formula is C23H28FN3OS. The molecule has 0 saturated carbocycles. The van der Waals surface area contributed by atoms with Crippen LogP contribution in [0.25, 0.3) is 10.2 Å². The maximum absolute atomic E-state index is 13.6. The number of halogens is 1. The molecule has 0 bridgehead atoms. The number of benzene rings is 2. The second kappa shape index (κ2) is 9.46. The van der Waals surface area contributed by atoms with Gasteiger partial charge in [0, 0.05) is 13.1 Å². The standard InChI is InChI=1S/C23H28FN3OS/c1-5-26(6-2)11-12-27(22(28)14-18-8-7-16(3)17(4)13-18)23-25-20-10-9-19(24)15-21(20)29-23/h7-10,13,15H,5-6,11-12,14H2,1-4H3. The van der Waals surface area contributed by atoms with E-state index in [4.69, 9.17) is 0 Å². The van der Waals surface area contributed by atoms with Crippen molar-refractivity contribution < 1.29 is 9.18 Å². The highest BCUT2D eigenvalue weighted by atomic mass is 32.1. The molecule has 29 heavy (non-hydrogen) atoms. The minimum atomic E-state index is -0.288. The van der Waals surface area contributed by atoms with E-state index in [-0.39, 0.29) is 11.7 Å². The number of anilines is 1. The molecule has 0 spiro atoms. The summed E-state index contributed by atoms with van der Waals surface area (Å²) in [6.45, 7) is 11.6. The van der Waals surface area contributed by atoms with Gasteiger partial charge in [-0.05, 0) is 61.8 Å². The molecule has 1 heterocycles. The lowest BCUT2D eigenvalue weighted by molar-refractivity contribution is -0.118. The van der Waals surface area contributed by atoms with Crippen LogP contribution in [0.4, 0.5) is 9.52 Å². The van der Waals surface area contributed by atoms with Crippen LogP contribution in [0.2, 0.25) is 0 Å². The number of nitrogens with zero attached hydrogens (tertiary/aromatic N) is 3. The van der Waals surface area contributed by atoms with Gasteiger partial charge in [0.05, 0.1) is 16.6 Å². The van der Waals surface area contributed by atoms with Crippen molar-refractivity contribution in [1.82, 2.24) is 9.88 Å². The van der Waals surface area contributed by atoms with Crippen molar-refractivity contribution in [2.45, 2.75) is 34.1 Å². The predicted molar refractivity (Wildman–Crippen MR) is 119 cm³/mol. The molecular weight excluding hydrogens is 385 g/mol. The quantitative estimate of drug-likeness (QED) is 0.523. The average Bonchev–Trinajstić information content (AvgIpc) is 3.10. The molecule has 154 valence electrons. The Bertz CT molecular complexity index is 997. The van der Waals surface area contributed by atoms with Crippen molar-refractivity contribution in [2.24, 2.45) is 0 Å². The van der Waals surface area contributed by atoms with Crippen LogP contribution in [0.15, 0.2) is 36.4 Å². The maximum Gasteiger partial charge on any atom is 0.233 e. The van der Waals surface area contributed by atoms with E-state index in [2.05, 4.69) is 49.7 Å². The number of likely N-dealkylation sites (N-methyl/N-ethyl adjacent to an activating group) is 1. The summed E-state index contributed by atoms with van der Waals surface area (Å²) in [7, 11) is 0. The van der Waals surface area contributed by atoms with Crippen LogP contribution in [-0.2, 0) is 11.2 Å². The van der Waals surface area contributed by atoms with Crippen LogP contribution in [0.5, 0.6) is 0 Å². The van der Waals surface area contributed by atoms with Gasteiger partial charge in [-0.3, -0.25) is 9.69 Å². The molecule has 1 amide bonds. The van der Waals surface area contributed by atoms with Crippen LogP contribution in [0.3, 0.4) is 0 Å². The molecule has 0 aliphatic carbocycles. The number of thiazole rings is 1. The number of amides is 1. The van der Waals surface area contributed by atoms with E-state index in [0.29, 0.717) is 18.1 Å². The third-order valence-electron chi connectivity index (χ3n) is 5.33. The third-order valence-corrected chi connectivity index (χ3v) is 6.37. The Balaban J connectivity index is 1.88. The smallest absolute Gasteiger partial charge is 0.233 e. The molecule has 0 saturated heterocycles. The fraction of sp³-hybridized carbons (Fsp3) is 0.391. The van der Waals surface area contributed by atoms with Crippen LogP contribution in [0.1, 0.15) is 30.5 Å². The Labute approximate surface area is 176 Å². The van der Waals surface area contributed by atoms with Gasteiger partial charge in [-0.15, -0.1) is 0 Å². The van der Waals surface area contributed by atoms with Crippen LogP contribution in [0, 0.1) is 19.7 Å². The average molecular weight is 414 g/mol. The summed E-state index contributed by atoms with van der Waals surface area (Å²) in [5, 5.41) is 0.631. The van der Waals surface area contributed by atoms with Crippen LogP contribution < -0.4 is 4.90 Å². The summed E-state index contributed by atoms with van der Waals surface area (Å²) in [5.74, 6) is -0.274. The van der Waals surface area contributed by atoms with Gasteiger partial charge >= 0.3 is 0 Å². The molecule has 0 atom stereocenters. The van der Waals surface area contributed by atoms with Gasteiger partial charge in [-0.25, -0.2) is 9.37 Å². The fourth-order valence-electron chi connectivity index (χ4n) is 3.29. The van der Waals surface area contributed by atoms with Crippen molar-refractivity contribution in [1.29, 1.82) is 0 Å². The van der Waals surface area contributed by atoms with Crippen molar-refractivity contribution in [2.75, 3.05) is 31.1 Å². The fourth-order valence-corrected chi connectivity index (χ4v) is 4.33. The molecule has 0 aliphatic rings. The first-order valence-electron chi connectivity index (χ1n) is 10.1. The first-order chi connectivity index (χ1) is 13.9. The van der Waals surface area contributed by atoms with Crippen LogP contribution >= 0.6 is 11.3 Å². The largest absolute Gasteiger partial charge is 0.302 e. The van der Waals surface area contributed by atoms with Crippen molar-refractivity contribution in [3.8, 4) is 0 Å². The first-order valence-corrected chi connectivity index (χ1v) is 10.9. The van der Waals surface area contributed by atoms with E-state index in [1.165, 1.54) is 34.6 Å². The summed E-state index contributed by atoms with van der Waals surface area (Å²) >= 11 is 1.37. The Morgan fingerprint density at radius 2 is 1.79 bits per heavy atom. The lowest BCUT2D eigenvalue weighted by atomic mass is 10.0. The Morgan fingerprint density at radius 3 is 2.48 bits per heavy atom. The minimum absolute atomic E-state index is 0.0138. The molecule has 0 radical (unpaired) electrons. The molecule has 6 heteroatoms. The normalized spacial score (nSPS) is 11.4. The van der Waals surface area contributed by atoms with E-state index in [0.717, 1.165) is 35.4 Å². The topological polar surface area (TPSA) is 36.4 Å². The molecule has 0 N–H and O–H groups in total. The summed E-state index contributed by atoms with van der Waals surface area (Å²) < 4.78 is 14.4. The highest BCUT2D eigenvalue weighted by Gasteiger charge is 2.21. The van der Waals surface area contributed by atoms with Crippen molar-refractivity contribution in [3.05, 3.63) is 58.9 Å². The summed E-state index contributed by atoms with van der Waals surface area (Å²) in [5.41, 5.74) is 4.12. The lowest BCUT2D eigenvalue weighted by Crippen LogP contribution is -2.39. The number of fused-ring (bicyclic) bond motifs is 1.